The molecule has 0 heterocycles. The summed E-state index contributed by atoms with van der Waals surface area (Å²) < 4.78 is 34.1. The molecule has 0 aromatic rings. The number of carbonyl (C=O) groups excluding carboxylic acids is 3. The van der Waals surface area contributed by atoms with Crippen molar-refractivity contribution in [3.05, 3.63) is 12.2 Å². The fraction of sp³-hybridized carbons (Fsp3) is 0.896. The van der Waals surface area contributed by atoms with E-state index in [0.29, 0.717) is 32.6 Å². The molecule has 2 atom stereocenters. The molecule has 0 bridgehead atoms. The van der Waals surface area contributed by atoms with E-state index in [2.05, 4.69) is 32.9 Å². The van der Waals surface area contributed by atoms with Crippen molar-refractivity contribution in [1.82, 2.24) is 4.90 Å². The number of allylic oxidation sites excluding steroid dienone is 2. The number of likely N-dealkylation sites (N-methyl/N-ethyl adjacent to an activating group) is 1. The monoisotopic (exact) mass is 826 g/mol. The Bertz CT molecular complexity index is 941. The first-order valence-electron chi connectivity index (χ1n) is 23.9. The first kappa shape index (κ1) is 55.8. The van der Waals surface area contributed by atoms with E-state index < -0.39 is 24.3 Å². The number of hydrogen-bond donors (Lipinski definition) is 0. The van der Waals surface area contributed by atoms with Crippen LogP contribution in [0, 0.1) is 5.92 Å². The molecule has 342 valence electrons. The Hall–Kier alpha value is -2.17. The second-order valence-electron chi connectivity index (χ2n) is 16.6. The zero-order chi connectivity index (χ0) is 42.7. The van der Waals surface area contributed by atoms with Gasteiger partial charge >= 0.3 is 18.1 Å². The highest BCUT2D eigenvalue weighted by molar-refractivity contribution is 5.69. The van der Waals surface area contributed by atoms with E-state index in [1.165, 1.54) is 116 Å². The Labute approximate surface area is 356 Å². The van der Waals surface area contributed by atoms with Crippen LogP contribution in [0.3, 0.4) is 0 Å². The van der Waals surface area contributed by atoms with E-state index in [-0.39, 0.29) is 38.3 Å². The van der Waals surface area contributed by atoms with E-state index in [0.717, 1.165) is 44.9 Å². The highest BCUT2D eigenvalue weighted by Gasteiger charge is 2.20. The summed E-state index contributed by atoms with van der Waals surface area (Å²) in [4.78, 5) is 39.9. The molecule has 0 N–H and O–H groups in total. The molecule has 0 rings (SSSR count). The summed E-state index contributed by atoms with van der Waals surface area (Å²) in [7, 11) is 3.79. The lowest BCUT2D eigenvalue weighted by Crippen LogP contribution is -2.30. The van der Waals surface area contributed by atoms with Crippen molar-refractivity contribution < 1.29 is 42.8 Å². The molecule has 0 saturated carbocycles. The lowest BCUT2D eigenvalue weighted by molar-refractivity contribution is -0.161. The van der Waals surface area contributed by atoms with Gasteiger partial charge in [-0.05, 0) is 66.0 Å². The van der Waals surface area contributed by atoms with Gasteiger partial charge in [0.05, 0.1) is 12.3 Å². The molecule has 0 aromatic carbocycles. The van der Waals surface area contributed by atoms with Crippen LogP contribution < -0.4 is 0 Å². The van der Waals surface area contributed by atoms with Crippen LogP contribution in [0.25, 0.3) is 0 Å². The molecular weight excluding hydrogens is 735 g/mol. The number of ether oxygens (including phenoxy) is 6. The maximum atomic E-state index is 12.9. The number of nitrogens with zero attached hydrogens (tertiary/aromatic N) is 1. The molecule has 0 aliphatic heterocycles. The third-order valence-corrected chi connectivity index (χ3v) is 10.1. The van der Waals surface area contributed by atoms with Crippen molar-refractivity contribution in [3.8, 4) is 0 Å². The summed E-state index contributed by atoms with van der Waals surface area (Å²) >= 11 is 0. The Morgan fingerprint density at radius 1 is 0.517 bits per heavy atom. The van der Waals surface area contributed by atoms with E-state index in [9.17, 15) is 14.4 Å². The van der Waals surface area contributed by atoms with Gasteiger partial charge < -0.3 is 33.3 Å². The topological polar surface area (TPSA) is 110 Å². The average Bonchev–Trinajstić information content (AvgIpc) is 3.19. The lowest BCUT2D eigenvalue weighted by atomic mass is 10.1. The highest BCUT2D eigenvalue weighted by Crippen LogP contribution is 2.15. The third kappa shape index (κ3) is 40.6. The first-order valence-corrected chi connectivity index (χ1v) is 23.9. The molecule has 0 amide bonds. The Balaban J connectivity index is 4.76. The number of hydrogen-bond acceptors (Lipinski definition) is 10. The minimum atomic E-state index is -0.806. The summed E-state index contributed by atoms with van der Waals surface area (Å²) in [6.07, 6.45) is 33.4. The lowest BCUT2D eigenvalue weighted by Gasteiger charge is -2.20. The zero-order valence-corrected chi connectivity index (χ0v) is 38.5. The van der Waals surface area contributed by atoms with Crippen molar-refractivity contribution >= 4 is 18.1 Å². The molecule has 0 saturated heterocycles. The van der Waals surface area contributed by atoms with Gasteiger partial charge in [-0.15, -0.1) is 0 Å². The van der Waals surface area contributed by atoms with Crippen LogP contribution >= 0.6 is 0 Å². The summed E-state index contributed by atoms with van der Waals surface area (Å²) in [5.74, 6) is -1.22. The molecule has 0 radical (unpaired) electrons. The number of rotatable bonds is 43. The molecule has 0 aliphatic rings. The fourth-order valence-electron chi connectivity index (χ4n) is 6.63. The zero-order valence-electron chi connectivity index (χ0n) is 38.5. The van der Waals surface area contributed by atoms with Crippen LogP contribution in [0.2, 0.25) is 0 Å². The summed E-state index contributed by atoms with van der Waals surface area (Å²) in [5.41, 5.74) is 0. The van der Waals surface area contributed by atoms with Crippen LogP contribution in [0.4, 0.5) is 4.79 Å². The average molecular weight is 826 g/mol. The van der Waals surface area contributed by atoms with Gasteiger partial charge in [-0.25, -0.2) is 4.79 Å². The Morgan fingerprint density at radius 2 is 0.931 bits per heavy atom. The predicted molar refractivity (Wildman–Crippen MR) is 237 cm³/mol. The van der Waals surface area contributed by atoms with Gasteiger partial charge in [0.25, 0.3) is 0 Å². The predicted octanol–water partition coefficient (Wildman–Crippen LogP) is 12.7. The molecule has 58 heavy (non-hydrogen) atoms. The SMILES string of the molecule is CCCCC/C=C\CCCCCCCCCCC(=O)OCC(COC(=O)CCC(OCCCCCCCC)OCCCCCCCC)COC(=O)OC(C)CN(C)C. The van der Waals surface area contributed by atoms with E-state index >= 15 is 0 Å². The quantitative estimate of drug-likeness (QED) is 0.0194. The smallest absolute Gasteiger partial charge is 0.465 e. The summed E-state index contributed by atoms with van der Waals surface area (Å²) in [6.45, 7) is 10.1. The van der Waals surface area contributed by atoms with Crippen molar-refractivity contribution in [2.75, 3.05) is 53.7 Å². The second-order valence-corrected chi connectivity index (χ2v) is 16.6. The number of esters is 2. The molecule has 10 nitrogen and oxygen atoms in total. The largest absolute Gasteiger partial charge is 0.508 e. The second kappa shape index (κ2) is 42.9. The Morgan fingerprint density at radius 3 is 1.45 bits per heavy atom. The van der Waals surface area contributed by atoms with Crippen molar-refractivity contribution in [3.63, 3.8) is 0 Å². The van der Waals surface area contributed by atoms with Gasteiger partial charge in [-0.3, -0.25) is 9.59 Å². The van der Waals surface area contributed by atoms with Crippen LogP contribution in [-0.2, 0) is 38.0 Å². The molecule has 0 aliphatic carbocycles. The van der Waals surface area contributed by atoms with Gasteiger partial charge in [-0.2, -0.15) is 0 Å². The van der Waals surface area contributed by atoms with Crippen molar-refractivity contribution in [2.45, 2.75) is 220 Å². The van der Waals surface area contributed by atoms with Crippen molar-refractivity contribution in [2.24, 2.45) is 5.92 Å². The molecule has 0 spiro atoms. The van der Waals surface area contributed by atoms with Crippen molar-refractivity contribution in [1.29, 1.82) is 0 Å². The normalized spacial score (nSPS) is 12.7. The van der Waals surface area contributed by atoms with E-state index in [1.54, 1.807) is 6.92 Å². The van der Waals surface area contributed by atoms with Crippen LogP contribution in [0.5, 0.6) is 0 Å². The van der Waals surface area contributed by atoms with Crippen LogP contribution in [0.15, 0.2) is 12.2 Å². The van der Waals surface area contributed by atoms with Crippen LogP contribution in [0.1, 0.15) is 207 Å². The number of carbonyl (C=O) groups is 3. The summed E-state index contributed by atoms with van der Waals surface area (Å²) in [6, 6.07) is 0. The molecule has 0 fully saturated rings. The van der Waals surface area contributed by atoms with Gasteiger partial charge in [-0.1, -0.05) is 148 Å². The third-order valence-electron chi connectivity index (χ3n) is 10.1. The minimum absolute atomic E-state index is 0.0219. The Kier molecular flexibility index (Phi) is 41.3. The molecule has 0 aromatic heterocycles. The highest BCUT2D eigenvalue weighted by atomic mass is 16.7. The molecular formula is C48H91NO9. The molecule has 10 heteroatoms. The molecule has 2 unspecified atom stereocenters. The summed E-state index contributed by atoms with van der Waals surface area (Å²) in [5, 5.41) is 0. The maximum absolute atomic E-state index is 12.9. The van der Waals surface area contributed by atoms with Gasteiger partial charge in [0, 0.05) is 32.6 Å². The maximum Gasteiger partial charge on any atom is 0.508 e. The van der Waals surface area contributed by atoms with E-state index in [4.69, 9.17) is 28.4 Å². The minimum Gasteiger partial charge on any atom is -0.465 e. The van der Waals surface area contributed by atoms with Gasteiger partial charge in [0.15, 0.2) is 6.29 Å². The standard InChI is InChI=1S/C48H91NO9/c1-7-10-13-16-19-20-21-22-23-24-25-26-27-28-31-34-45(50)55-40-44(42-57-48(52)58-43(4)39-49(5)6)41-56-46(51)35-36-47(53-37-32-29-17-14-11-8-2)54-38-33-30-18-15-12-9-3/h19-20,43-44,47H,7-18,21-42H2,1-6H3/b20-19-. The van der Waals surface area contributed by atoms with E-state index in [1.807, 2.05) is 19.0 Å². The van der Waals surface area contributed by atoms with Gasteiger partial charge in [0.2, 0.25) is 0 Å². The van der Waals surface area contributed by atoms with Gasteiger partial charge in [0.1, 0.15) is 25.9 Å². The fourth-order valence-corrected chi connectivity index (χ4v) is 6.63. The number of unbranched alkanes of at least 4 members (excludes halogenated alkanes) is 21. The first-order chi connectivity index (χ1) is 28.2. The van der Waals surface area contributed by atoms with Crippen LogP contribution in [-0.4, -0.2) is 89.1 Å².